The molecule has 5 heteroatoms. The Morgan fingerprint density at radius 1 is 1.44 bits per heavy atom. The highest BCUT2D eigenvalue weighted by atomic mass is 32.2. The summed E-state index contributed by atoms with van der Waals surface area (Å²) in [5.74, 6) is 1.04. The van der Waals surface area contributed by atoms with Crippen molar-refractivity contribution in [2.75, 3.05) is 12.3 Å². The number of hydrogen-bond acceptors (Lipinski definition) is 5. The van der Waals surface area contributed by atoms with Gasteiger partial charge in [-0.2, -0.15) is 0 Å². The topological polar surface area (TPSA) is 59.1 Å². The molecule has 0 bridgehead atoms. The van der Waals surface area contributed by atoms with Crippen LogP contribution < -0.4 is 5.73 Å². The molecule has 0 radical (unpaired) electrons. The van der Waals surface area contributed by atoms with Crippen molar-refractivity contribution in [3.63, 3.8) is 0 Å². The fourth-order valence-corrected chi connectivity index (χ4v) is 4.33. The second-order valence-electron chi connectivity index (χ2n) is 4.82. The maximum absolute atomic E-state index is 10.4. The third-order valence-electron chi connectivity index (χ3n) is 3.41. The minimum atomic E-state index is -0.706. The lowest BCUT2D eigenvalue weighted by Gasteiger charge is -2.25. The number of thioether (sulfide) groups is 1. The van der Waals surface area contributed by atoms with E-state index in [9.17, 15) is 5.11 Å². The number of benzene rings is 1. The molecule has 0 aliphatic heterocycles. The lowest BCUT2D eigenvalue weighted by Crippen LogP contribution is -2.42. The number of nitrogens with two attached hydrogens (primary N) is 1. The molecule has 1 saturated carbocycles. The predicted octanol–water partition coefficient (Wildman–Crippen LogP) is 2.49. The lowest BCUT2D eigenvalue weighted by molar-refractivity contribution is 0.0510. The number of aromatic nitrogens is 1. The highest BCUT2D eigenvalue weighted by molar-refractivity contribution is 8.01. The lowest BCUT2D eigenvalue weighted by atomic mass is 10.0. The number of thiazole rings is 1. The molecule has 3 nitrogen and oxygen atoms in total. The highest BCUT2D eigenvalue weighted by Crippen LogP contribution is 2.42. The minimum absolute atomic E-state index is 0.343. The maximum atomic E-state index is 10.4. The zero-order valence-electron chi connectivity index (χ0n) is 10.0. The van der Waals surface area contributed by atoms with Crippen LogP contribution in [0.25, 0.3) is 10.2 Å². The van der Waals surface area contributed by atoms with Gasteiger partial charge in [0.2, 0.25) is 0 Å². The second kappa shape index (κ2) is 4.81. The normalized spacial score (nSPS) is 19.0. The molecule has 1 aliphatic rings. The largest absolute Gasteiger partial charge is 0.387 e. The van der Waals surface area contributed by atoms with E-state index in [1.54, 1.807) is 23.1 Å². The van der Waals surface area contributed by atoms with E-state index in [-0.39, 0.29) is 0 Å². The number of rotatable bonds is 5. The van der Waals surface area contributed by atoms with Gasteiger partial charge in [0.1, 0.15) is 0 Å². The van der Waals surface area contributed by atoms with Gasteiger partial charge < -0.3 is 10.8 Å². The van der Waals surface area contributed by atoms with Gasteiger partial charge in [0.25, 0.3) is 0 Å². The summed E-state index contributed by atoms with van der Waals surface area (Å²) in [5.41, 5.74) is 6.04. The second-order valence-corrected chi connectivity index (χ2v) is 7.07. The number of nitrogens with zero attached hydrogens (tertiary/aromatic N) is 1. The first kappa shape index (κ1) is 12.4. The van der Waals surface area contributed by atoms with Crippen LogP contribution in [0.4, 0.5) is 0 Å². The van der Waals surface area contributed by atoms with E-state index in [4.69, 9.17) is 5.73 Å². The summed E-state index contributed by atoms with van der Waals surface area (Å²) in [4.78, 5) is 4.56. The van der Waals surface area contributed by atoms with Crippen molar-refractivity contribution in [1.29, 1.82) is 0 Å². The smallest absolute Gasteiger partial charge is 0.151 e. The standard InChI is InChI=1S/C13H16N2OS2/c14-7-13(16,9-5-6-9)8-17-12-15-10-3-1-2-4-11(10)18-12/h1-4,9,16H,5-8,14H2. The van der Waals surface area contributed by atoms with Crippen molar-refractivity contribution in [1.82, 2.24) is 4.98 Å². The summed E-state index contributed by atoms with van der Waals surface area (Å²) >= 11 is 3.30. The maximum Gasteiger partial charge on any atom is 0.151 e. The van der Waals surface area contributed by atoms with E-state index in [2.05, 4.69) is 11.1 Å². The summed E-state index contributed by atoms with van der Waals surface area (Å²) in [5, 5.41) is 10.4. The van der Waals surface area contributed by atoms with Crippen molar-refractivity contribution >= 4 is 33.3 Å². The fourth-order valence-electron chi connectivity index (χ4n) is 2.06. The van der Waals surface area contributed by atoms with Crippen LogP contribution in [0.1, 0.15) is 12.8 Å². The predicted molar refractivity (Wildman–Crippen MR) is 77.1 cm³/mol. The molecule has 0 spiro atoms. The molecule has 18 heavy (non-hydrogen) atoms. The van der Waals surface area contributed by atoms with E-state index in [1.165, 1.54) is 4.70 Å². The third-order valence-corrected chi connectivity index (χ3v) is 5.83. The molecule has 3 rings (SSSR count). The quantitative estimate of drug-likeness (QED) is 0.826. The number of aliphatic hydroxyl groups is 1. The van der Waals surface area contributed by atoms with Crippen LogP contribution in [0.15, 0.2) is 28.6 Å². The van der Waals surface area contributed by atoms with Crippen LogP contribution in [0.5, 0.6) is 0 Å². The van der Waals surface area contributed by atoms with Crippen LogP contribution in [0.3, 0.4) is 0 Å². The molecule has 1 fully saturated rings. The molecule has 1 aromatic carbocycles. The number of fused-ring (bicyclic) bond motifs is 1. The van der Waals surface area contributed by atoms with Gasteiger partial charge in [-0.05, 0) is 30.9 Å². The molecule has 1 heterocycles. The average molecular weight is 280 g/mol. The molecule has 96 valence electrons. The van der Waals surface area contributed by atoms with Crippen LogP contribution in [0, 0.1) is 5.92 Å². The van der Waals surface area contributed by atoms with E-state index in [0.717, 1.165) is 22.7 Å². The van der Waals surface area contributed by atoms with Gasteiger partial charge in [0.15, 0.2) is 4.34 Å². The van der Waals surface area contributed by atoms with Crippen LogP contribution in [0.2, 0.25) is 0 Å². The SMILES string of the molecule is NCC(O)(CSc1nc2ccccc2s1)C1CC1. The summed E-state index contributed by atoms with van der Waals surface area (Å²) in [6, 6.07) is 8.12. The summed E-state index contributed by atoms with van der Waals surface area (Å²) in [6.45, 7) is 0.343. The molecule has 2 aromatic rings. The van der Waals surface area contributed by atoms with E-state index >= 15 is 0 Å². The third kappa shape index (κ3) is 2.40. The van der Waals surface area contributed by atoms with Gasteiger partial charge in [-0.1, -0.05) is 23.9 Å². The molecule has 1 aromatic heterocycles. The van der Waals surface area contributed by atoms with Gasteiger partial charge >= 0.3 is 0 Å². The van der Waals surface area contributed by atoms with Gasteiger partial charge in [0, 0.05) is 12.3 Å². The fraction of sp³-hybridized carbons (Fsp3) is 0.462. The molecule has 0 amide bonds. The van der Waals surface area contributed by atoms with Crippen molar-refractivity contribution in [2.45, 2.75) is 22.8 Å². The van der Waals surface area contributed by atoms with Crippen molar-refractivity contribution in [3.8, 4) is 0 Å². The Bertz CT molecular complexity index is 520. The molecular formula is C13H16N2OS2. The van der Waals surface area contributed by atoms with Gasteiger partial charge in [-0.25, -0.2) is 4.98 Å². The minimum Gasteiger partial charge on any atom is -0.387 e. The zero-order valence-corrected chi connectivity index (χ0v) is 11.6. The molecule has 1 atom stereocenters. The zero-order chi connectivity index (χ0) is 12.6. The van der Waals surface area contributed by atoms with Gasteiger partial charge in [-0.15, -0.1) is 11.3 Å². The first-order chi connectivity index (χ1) is 8.71. The molecular weight excluding hydrogens is 264 g/mol. The molecule has 1 unspecified atom stereocenters. The first-order valence-electron chi connectivity index (χ1n) is 6.12. The summed E-state index contributed by atoms with van der Waals surface area (Å²) < 4.78 is 2.21. The van der Waals surface area contributed by atoms with Gasteiger partial charge in [-0.3, -0.25) is 0 Å². The van der Waals surface area contributed by atoms with Crippen LogP contribution in [-0.4, -0.2) is 28.0 Å². The van der Waals surface area contributed by atoms with Crippen LogP contribution in [-0.2, 0) is 0 Å². The Morgan fingerprint density at radius 2 is 2.22 bits per heavy atom. The Balaban J connectivity index is 1.72. The van der Waals surface area contributed by atoms with Gasteiger partial charge in [0.05, 0.1) is 15.8 Å². The molecule has 3 N–H and O–H groups in total. The van der Waals surface area contributed by atoms with E-state index < -0.39 is 5.60 Å². The van der Waals surface area contributed by atoms with E-state index in [1.807, 2.05) is 18.2 Å². The number of para-hydroxylation sites is 1. The average Bonchev–Trinajstić information content (AvgIpc) is 3.16. The van der Waals surface area contributed by atoms with E-state index in [0.29, 0.717) is 18.2 Å². The molecule has 1 aliphatic carbocycles. The van der Waals surface area contributed by atoms with Crippen LogP contribution >= 0.6 is 23.1 Å². The Kier molecular flexibility index (Phi) is 3.32. The molecule has 0 saturated heterocycles. The Morgan fingerprint density at radius 3 is 2.89 bits per heavy atom. The Hall–Kier alpha value is -0.620. The first-order valence-corrected chi connectivity index (χ1v) is 7.92. The number of hydrogen-bond donors (Lipinski definition) is 2. The Labute approximate surface area is 114 Å². The highest BCUT2D eigenvalue weighted by Gasteiger charge is 2.42. The monoisotopic (exact) mass is 280 g/mol. The van der Waals surface area contributed by atoms with Crippen molar-refractivity contribution in [3.05, 3.63) is 24.3 Å². The van der Waals surface area contributed by atoms with Crippen molar-refractivity contribution < 1.29 is 5.11 Å². The summed E-state index contributed by atoms with van der Waals surface area (Å²) in [6.07, 6.45) is 2.21. The summed E-state index contributed by atoms with van der Waals surface area (Å²) in [7, 11) is 0. The van der Waals surface area contributed by atoms with Crippen molar-refractivity contribution in [2.24, 2.45) is 11.7 Å².